The molecule has 198 valence electrons. The average molecular weight is 552 g/mol. The SMILES string of the molecule is O=S(=O)(c1ccc(O)cc1)c1ccc(C[C@@H](CO)N(Cc2ccccc2)C[C@@H](O)c2cccc(Cl)c2)cc1. The maximum atomic E-state index is 13.0. The number of hydrogen-bond donors (Lipinski definition) is 3. The number of phenols is 1. The highest BCUT2D eigenvalue weighted by Crippen LogP contribution is 2.25. The van der Waals surface area contributed by atoms with E-state index in [0.717, 1.165) is 11.1 Å². The van der Waals surface area contributed by atoms with Crippen molar-refractivity contribution >= 4 is 21.4 Å². The Labute approximate surface area is 228 Å². The van der Waals surface area contributed by atoms with Crippen LogP contribution in [0.5, 0.6) is 5.75 Å². The highest BCUT2D eigenvalue weighted by Gasteiger charge is 2.23. The van der Waals surface area contributed by atoms with Crippen LogP contribution in [-0.2, 0) is 22.8 Å². The summed E-state index contributed by atoms with van der Waals surface area (Å²) in [5.74, 6) is -0.00474. The standard InChI is InChI=1S/C30H30ClNO5S/c31-25-8-4-7-24(18-25)30(35)20-32(19-23-5-2-1-3-6-23)26(21-33)17-22-9-13-28(14-10-22)38(36,37)29-15-11-27(34)12-16-29/h1-16,18,26,30,33-35H,17,19-21H2/t26-,30+/m0/s1. The number of sulfone groups is 1. The largest absolute Gasteiger partial charge is 0.508 e. The molecule has 0 unspecified atom stereocenters. The normalized spacial score (nSPS) is 13.4. The minimum absolute atomic E-state index is 0.00474. The maximum Gasteiger partial charge on any atom is 0.206 e. The Kier molecular flexibility index (Phi) is 9.20. The summed E-state index contributed by atoms with van der Waals surface area (Å²) in [6.07, 6.45) is -0.366. The predicted octanol–water partition coefficient (Wildman–Crippen LogP) is 5.02. The molecule has 8 heteroatoms. The van der Waals surface area contributed by atoms with Gasteiger partial charge in [-0.1, -0.05) is 66.2 Å². The van der Waals surface area contributed by atoms with Gasteiger partial charge in [-0.2, -0.15) is 0 Å². The van der Waals surface area contributed by atoms with Gasteiger partial charge in [0.1, 0.15) is 5.75 Å². The van der Waals surface area contributed by atoms with Gasteiger partial charge in [0.05, 0.1) is 22.5 Å². The van der Waals surface area contributed by atoms with E-state index in [0.29, 0.717) is 23.6 Å². The molecule has 0 bridgehead atoms. The lowest BCUT2D eigenvalue weighted by atomic mass is 10.0. The summed E-state index contributed by atoms with van der Waals surface area (Å²) in [5, 5.41) is 31.4. The van der Waals surface area contributed by atoms with E-state index in [-0.39, 0.29) is 34.7 Å². The Morgan fingerprint density at radius 1 is 0.789 bits per heavy atom. The zero-order valence-electron chi connectivity index (χ0n) is 20.7. The van der Waals surface area contributed by atoms with E-state index in [1.54, 1.807) is 42.5 Å². The number of nitrogens with zero attached hydrogens (tertiary/aromatic N) is 1. The van der Waals surface area contributed by atoms with Crippen molar-refractivity contribution < 1.29 is 23.7 Å². The van der Waals surface area contributed by atoms with Crippen LogP contribution in [0.2, 0.25) is 5.02 Å². The second-order valence-corrected chi connectivity index (χ2v) is 11.6. The Balaban J connectivity index is 1.54. The topological polar surface area (TPSA) is 98.1 Å². The molecule has 0 aliphatic carbocycles. The van der Waals surface area contributed by atoms with Crippen LogP contribution in [0.1, 0.15) is 22.8 Å². The zero-order chi connectivity index (χ0) is 27.1. The van der Waals surface area contributed by atoms with E-state index in [1.807, 2.05) is 41.3 Å². The first-order valence-electron chi connectivity index (χ1n) is 12.2. The molecule has 2 atom stereocenters. The summed E-state index contributed by atoms with van der Waals surface area (Å²) in [6.45, 7) is 0.632. The number of aliphatic hydroxyl groups is 2. The van der Waals surface area contributed by atoms with Crippen molar-refractivity contribution in [1.82, 2.24) is 4.90 Å². The molecule has 0 aliphatic heterocycles. The van der Waals surface area contributed by atoms with Gasteiger partial charge in [-0.15, -0.1) is 0 Å². The Hall–Kier alpha value is -3.20. The molecule has 3 N–H and O–H groups in total. The second kappa shape index (κ2) is 12.6. The van der Waals surface area contributed by atoms with E-state index in [9.17, 15) is 23.7 Å². The van der Waals surface area contributed by atoms with E-state index in [2.05, 4.69) is 0 Å². The van der Waals surface area contributed by atoms with Crippen LogP contribution in [0.15, 0.2) is 113 Å². The van der Waals surface area contributed by atoms with Gasteiger partial charge in [0, 0.05) is 24.2 Å². The Morgan fingerprint density at radius 3 is 2.03 bits per heavy atom. The molecule has 38 heavy (non-hydrogen) atoms. The first-order chi connectivity index (χ1) is 18.3. The fourth-order valence-electron chi connectivity index (χ4n) is 4.35. The summed E-state index contributed by atoms with van der Waals surface area (Å²) >= 11 is 6.12. The van der Waals surface area contributed by atoms with Crippen molar-refractivity contribution in [3.8, 4) is 5.75 Å². The third-order valence-corrected chi connectivity index (χ3v) is 8.47. The number of benzene rings is 4. The molecular formula is C30H30ClNO5S. The smallest absolute Gasteiger partial charge is 0.206 e. The van der Waals surface area contributed by atoms with Crippen LogP contribution in [0, 0.1) is 0 Å². The molecule has 0 saturated heterocycles. The van der Waals surface area contributed by atoms with Crippen LogP contribution in [0.4, 0.5) is 0 Å². The zero-order valence-corrected chi connectivity index (χ0v) is 22.3. The summed E-state index contributed by atoms with van der Waals surface area (Å²) in [4.78, 5) is 2.27. The van der Waals surface area contributed by atoms with E-state index in [1.165, 1.54) is 24.3 Å². The molecular weight excluding hydrogens is 522 g/mol. The molecule has 4 aromatic carbocycles. The van der Waals surface area contributed by atoms with Crippen LogP contribution < -0.4 is 0 Å². The molecule has 0 aliphatic rings. The fraction of sp³-hybridized carbons (Fsp3) is 0.200. The van der Waals surface area contributed by atoms with Gasteiger partial charge in [0.2, 0.25) is 9.84 Å². The van der Waals surface area contributed by atoms with Crippen molar-refractivity contribution in [2.75, 3.05) is 13.2 Å². The summed E-state index contributed by atoms with van der Waals surface area (Å²) in [6, 6.07) is 28.6. The van der Waals surface area contributed by atoms with Crippen molar-refractivity contribution in [3.05, 3.63) is 125 Å². The van der Waals surface area contributed by atoms with Crippen molar-refractivity contribution in [2.45, 2.75) is 34.9 Å². The predicted molar refractivity (Wildman–Crippen MR) is 148 cm³/mol. The first-order valence-corrected chi connectivity index (χ1v) is 14.1. The van der Waals surface area contributed by atoms with Crippen LogP contribution in [-0.4, -0.2) is 47.8 Å². The monoisotopic (exact) mass is 551 g/mol. The molecule has 0 saturated carbocycles. The van der Waals surface area contributed by atoms with Gasteiger partial charge in [0.25, 0.3) is 0 Å². The lowest BCUT2D eigenvalue weighted by Crippen LogP contribution is -2.41. The van der Waals surface area contributed by atoms with Gasteiger partial charge >= 0.3 is 0 Å². The van der Waals surface area contributed by atoms with E-state index >= 15 is 0 Å². The Morgan fingerprint density at radius 2 is 1.42 bits per heavy atom. The first kappa shape index (κ1) is 27.8. The number of phenolic OH excluding ortho intramolecular Hbond substituents is 1. The molecule has 4 rings (SSSR count). The summed E-state index contributed by atoms with van der Waals surface area (Å²) in [7, 11) is -3.73. The summed E-state index contributed by atoms with van der Waals surface area (Å²) in [5.41, 5.74) is 2.58. The third-order valence-electron chi connectivity index (χ3n) is 6.45. The molecule has 0 fully saturated rings. The fourth-order valence-corrected chi connectivity index (χ4v) is 5.81. The van der Waals surface area contributed by atoms with Gasteiger partial charge < -0.3 is 15.3 Å². The van der Waals surface area contributed by atoms with Crippen molar-refractivity contribution in [3.63, 3.8) is 0 Å². The minimum atomic E-state index is -3.73. The summed E-state index contributed by atoms with van der Waals surface area (Å²) < 4.78 is 25.9. The molecule has 0 amide bonds. The van der Waals surface area contributed by atoms with Gasteiger partial charge in [0.15, 0.2) is 0 Å². The quantitative estimate of drug-likeness (QED) is 0.242. The molecule has 0 heterocycles. The lowest BCUT2D eigenvalue weighted by molar-refractivity contribution is 0.0566. The van der Waals surface area contributed by atoms with Crippen LogP contribution in [0.25, 0.3) is 0 Å². The second-order valence-electron chi connectivity index (χ2n) is 9.17. The van der Waals surface area contributed by atoms with Crippen LogP contribution in [0.3, 0.4) is 0 Å². The van der Waals surface area contributed by atoms with E-state index in [4.69, 9.17) is 11.6 Å². The lowest BCUT2D eigenvalue weighted by Gasteiger charge is -2.32. The molecule has 0 aromatic heterocycles. The minimum Gasteiger partial charge on any atom is -0.508 e. The van der Waals surface area contributed by atoms with Gasteiger partial charge in [-0.3, -0.25) is 4.90 Å². The number of rotatable bonds is 11. The molecule has 4 aromatic rings. The van der Waals surface area contributed by atoms with E-state index < -0.39 is 15.9 Å². The highest BCUT2D eigenvalue weighted by molar-refractivity contribution is 7.91. The van der Waals surface area contributed by atoms with Gasteiger partial charge in [-0.25, -0.2) is 8.42 Å². The Bertz CT molecular complexity index is 1430. The number of hydrogen-bond acceptors (Lipinski definition) is 6. The number of halogens is 1. The highest BCUT2D eigenvalue weighted by atomic mass is 35.5. The number of aromatic hydroxyl groups is 1. The molecule has 0 radical (unpaired) electrons. The van der Waals surface area contributed by atoms with Gasteiger partial charge in [-0.05, 0) is 71.6 Å². The van der Waals surface area contributed by atoms with Crippen molar-refractivity contribution in [2.24, 2.45) is 0 Å². The number of aliphatic hydroxyl groups excluding tert-OH is 2. The maximum absolute atomic E-state index is 13.0. The molecule has 0 spiro atoms. The molecule has 6 nitrogen and oxygen atoms in total. The van der Waals surface area contributed by atoms with Crippen molar-refractivity contribution in [1.29, 1.82) is 0 Å². The third kappa shape index (κ3) is 7.01. The van der Waals surface area contributed by atoms with Crippen LogP contribution >= 0.6 is 11.6 Å². The average Bonchev–Trinajstić information content (AvgIpc) is 2.92.